The lowest BCUT2D eigenvalue weighted by Crippen LogP contribution is -2.61. The van der Waals surface area contributed by atoms with Crippen molar-refractivity contribution in [3.8, 4) is 0 Å². The van der Waals surface area contributed by atoms with E-state index < -0.39 is 0 Å². The first-order chi connectivity index (χ1) is 6.93. The Morgan fingerprint density at radius 2 is 1.80 bits per heavy atom. The zero-order valence-electron chi connectivity index (χ0n) is 10.3. The van der Waals surface area contributed by atoms with Crippen LogP contribution < -0.4 is 0 Å². The van der Waals surface area contributed by atoms with Crippen molar-refractivity contribution >= 4 is 5.91 Å². The van der Waals surface area contributed by atoms with E-state index in [-0.39, 0.29) is 0 Å². The lowest BCUT2D eigenvalue weighted by molar-refractivity contribution is -0.127. The highest BCUT2D eigenvalue weighted by atomic mass is 16.2. The fraction of sp³-hybridized carbons (Fsp3) is 0.917. The molecule has 86 valence electrons. The van der Waals surface area contributed by atoms with Gasteiger partial charge in [-0.05, 0) is 12.8 Å². The Hall–Kier alpha value is -0.570. The highest BCUT2D eigenvalue weighted by Gasteiger charge is 2.51. The smallest absolute Gasteiger partial charge is 0.223 e. The van der Waals surface area contributed by atoms with Crippen LogP contribution in [0.4, 0.5) is 0 Å². The van der Waals surface area contributed by atoms with Crippen molar-refractivity contribution in [1.29, 1.82) is 0 Å². The van der Waals surface area contributed by atoms with Crippen LogP contribution in [0.15, 0.2) is 0 Å². The Labute approximate surface area is 92.4 Å². The lowest BCUT2D eigenvalue weighted by Gasteiger charge is -2.51. The summed E-state index contributed by atoms with van der Waals surface area (Å²) in [4.78, 5) is 15.9. The molecule has 2 saturated heterocycles. The van der Waals surface area contributed by atoms with Crippen LogP contribution in [-0.2, 0) is 4.79 Å². The molecule has 2 rings (SSSR count). The van der Waals surface area contributed by atoms with Gasteiger partial charge < -0.3 is 4.90 Å². The molecule has 3 nitrogen and oxygen atoms in total. The molecule has 0 radical (unpaired) electrons. The van der Waals surface area contributed by atoms with E-state index in [9.17, 15) is 4.79 Å². The Morgan fingerprint density at radius 3 is 2.20 bits per heavy atom. The third-order valence-electron chi connectivity index (χ3n) is 4.14. The van der Waals surface area contributed by atoms with Crippen LogP contribution in [-0.4, -0.2) is 48.4 Å². The van der Waals surface area contributed by atoms with E-state index in [1.54, 1.807) is 0 Å². The first kappa shape index (κ1) is 10.9. The predicted molar refractivity (Wildman–Crippen MR) is 60.6 cm³/mol. The summed E-state index contributed by atoms with van der Waals surface area (Å²) >= 11 is 0. The molecule has 2 heterocycles. The van der Waals surface area contributed by atoms with Crippen LogP contribution in [0, 0.1) is 11.3 Å². The Morgan fingerprint density at radius 1 is 1.20 bits per heavy atom. The minimum absolute atomic E-state index is 0.301. The second-order valence-electron chi connectivity index (χ2n) is 5.82. The summed E-state index contributed by atoms with van der Waals surface area (Å²) < 4.78 is 0. The van der Waals surface area contributed by atoms with E-state index >= 15 is 0 Å². The zero-order chi connectivity index (χ0) is 11.2. The van der Waals surface area contributed by atoms with E-state index in [1.165, 1.54) is 0 Å². The molecule has 2 aliphatic rings. The standard InChI is InChI=1S/C12H22N2O/c1-9(2)10(3)14-7-12(8-14)5-11(15)13(4)6-12/h9-10H,5-8H2,1-4H3. The molecule has 1 spiro atoms. The molecule has 2 fully saturated rings. The van der Waals surface area contributed by atoms with Crippen LogP contribution in [0.3, 0.4) is 0 Å². The quantitative estimate of drug-likeness (QED) is 0.683. The van der Waals surface area contributed by atoms with Crippen LogP contribution in [0.2, 0.25) is 0 Å². The second-order valence-corrected chi connectivity index (χ2v) is 5.82. The number of nitrogens with zero attached hydrogens (tertiary/aromatic N) is 2. The summed E-state index contributed by atoms with van der Waals surface area (Å²) in [5.41, 5.74) is 0.301. The fourth-order valence-electron chi connectivity index (χ4n) is 2.84. The molecule has 15 heavy (non-hydrogen) atoms. The Kier molecular flexibility index (Phi) is 2.53. The molecule has 1 unspecified atom stereocenters. The average molecular weight is 210 g/mol. The van der Waals surface area contributed by atoms with E-state index in [2.05, 4.69) is 25.7 Å². The number of likely N-dealkylation sites (tertiary alicyclic amines) is 2. The van der Waals surface area contributed by atoms with Gasteiger partial charge in [-0.15, -0.1) is 0 Å². The van der Waals surface area contributed by atoms with Crippen molar-refractivity contribution in [2.24, 2.45) is 11.3 Å². The SMILES string of the molecule is CC(C)C(C)N1CC2(CC(=O)N(C)C2)C1. The van der Waals surface area contributed by atoms with Gasteiger partial charge in [0.05, 0.1) is 0 Å². The molecule has 0 N–H and O–H groups in total. The Balaban J connectivity index is 1.90. The first-order valence-electron chi connectivity index (χ1n) is 5.91. The van der Waals surface area contributed by atoms with Gasteiger partial charge in [-0.2, -0.15) is 0 Å². The predicted octanol–water partition coefficient (Wildman–Crippen LogP) is 1.20. The van der Waals surface area contributed by atoms with Gasteiger partial charge in [0, 0.05) is 44.6 Å². The number of hydrogen-bond acceptors (Lipinski definition) is 2. The van der Waals surface area contributed by atoms with E-state index in [0.29, 0.717) is 23.3 Å². The number of carbonyl (C=O) groups is 1. The van der Waals surface area contributed by atoms with Crippen molar-refractivity contribution in [3.63, 3.8) is 0 Å². The van der Waals surface area contributed by atoms with Gasteiger partial charge in [-0.25, -0.2) is 0 Å². The molecule has 0 saturated carbocycles. The van der Waals surface area contributed by atoms with Gasteiger partial charge in [0.15, 0.2) is 0 Å². The third-order valence-corrected chi connectivity index (χ3v) is 4.14. The second kappa shape index (κ2) is 3.48. The molecule has 0 aromatic rings. The molecule has 0 aromatic carbocycles. The van der Waals surface area contributed by atoms with Gasteiger partial charge in [-0.3, -0.25) is 9.69 Å². The summed E-state index contributed by atoms with van der Waals surface area (Å²) in [6.45, 7) is 10.0. The monoisotopic (exact) mass is 210 g/mol. The molecular weight excluding hydrogens is 188 g/mol. The average Bonchev–Trinajstić information content (AvgIpc) is 2.39. The molecule has 0 bridgehead atoms. The third kappa shape index (κ3) is 1.78. The Bertz CT molecular complexity index is 269. The number of amides is 1. The number of hydrogen-bond donors (Lipinski definition) is 0. The first-order valence-corrected chi connectivity index (χ1v) is 5.91. The van der Waals surface area contributed by atoms with Crippen molar-refractivity contribution < 1.29 is 4.79 Å². The molecular formula is C12H22N2O. The van der Waals surface area contributed by atoms with E-state index in [1.807, 2.05) is 11.9 Å². The van der Waals surface area contributed by atoms with Gasteiger partial charge in [0.1, 0.15) is 0 Å². The van der Waals surface area contributed by atoms with Gasteiger partial charge in [-0.1, -0.05) is 13.8 Å². The normalized spacial score (nSPS) is 27.5. The van der Waals surface area contributed by atoms with Gasteiger partial charge in [0.25, 0.3) is 0 Å². The maximum absolute atomic E-state index is 11.5. The van der Waals surface area contributed by atoms with Crippen LogP contribution in [0.5, 0.6) is 0 Å². The zero-order valence-corrected chi connectivity index (χ0v) is 10.3. The van der Waals surface area contributed by atoms with Crippen molar-refractivity contribution in [2.45, 2.75) is 33.2 Å². The van der Waals surface area contributed by atoms with Crippen LogP contribution >= 0.6 is 0 Å². The topological polar surface area (TPSA) is 23.6 Å². The minimum atomic E-state index is 0.301. The maximum Gasteiger partial charge on any atom is 0.223 e. The highest BCUT2D eigenvalue weighted by Crippen LogP contribution is 2.41. The molecule has 1 atom stereocenters. The number of rotatable bonds is 2. The summed E-state index contributed by atoms with van der Waals surface area (Å²) in [5, 5.41) is 0. The fourth-order valence-corrected chi connectivity index (χ4v) is 2.84. The lowest BCUT2D eigenvalue weighted by atomic mass is 9.77. The summed E-state index contributed by atoms with van der Waals surface area (Å²) in [6.07, 6.45) is 0.769. The molecule has 3 heteroatoms. The largest absolute Gasteiger partial charge is 0.345 e. The highest BCUT2D eigenvalue weighted by molar-refractivity contribution is 5.79. The van der Waals surface area contributed by atoms with Crippen molar-refractivity contribution in [1.82, 2.24) is 9.80 Å². The van der Waals surface area contributed by atoms with Crippen molar-refractivity contribution in [2.75, 3.05) is 26.7 Å². The van der Waals surface area contributed by atoms with E-state index in [4.69, 9.17) is 0 Å². The molecule has 0 aromatic heterocycles. The van der Waals surface area contributed by atoms with Gasteiger partial charge in [0.2, 0.25) is 5.91 Å². The number of carbonyl (C=O) groups excluding carboxylic acids is 1. The van der Waals surface area contributed by atoms with Crippen LogP contribution in [0.25, 0.3) is 0 Å². The van der Waals surface area contributed by atoms with Crippen molar-refractivity contribution in [3.05, 3.63) is 0 Å². The molecule has 2 aliphatic heterocycles. The van der Waals surface area contributed by atoms with Gasteiger partial charge >= 0.3 is 0 Å². The summed E-state index contributed by atoms with van der Waals surface area (Å²) in [7, 11) is 1.92. The summed E-state index contributed by atoms with van der Waals surface area (Å²) in [5.74, 6) is 1.03. The van der Waals surface area contributed by atoms with Crippen LogP contribution in [0.1, 0.15) is 27.2 Å². The molecule has 1 amide bonds. The summed E-state index contributed by atoms with van der Waals surface area (Å²) in [6, 6.07) is 0.650. The molecule has 0 aliphatic carbocycles. The minimum Gasteiger partial charge on any atom is -0.345 e. The maximum atomic E-state index is 11.5. The van der Waals surface area contributed by atoms with E-state index in [0.717, 1.165) is 26.1 Å².